The Labute approximate surface area is 99.0 Å². The molecule has 0 spiro atoms. The maximum atomic E-state index is 10.7. The van der Waals surface area contributed by atoms with Crippen molar-refractivity contribution < 1.29 is 14.6 Å². The summed E-state index contributed by atoms with van der Waals surface area (Å²) < 4.78 is 5.76. The van der Waals surface area contributed by atoms with Crippen LogP contribution in [0.4, 0.5) is 0 Å². The normalized spacial score (nSPS) is 16.7. The molecule has 0 saturated heterocycles. The van der Waals surface area contributed by atoms with E-state index in [0.29, 0.717) is 16.3 Å². The topological polar surface area (TPSA) is 46.5 Å². The zero-order valence-electron chi connectivity index (χ0n) is 9.21. The van der Waals surface area contributed by atoms with Gasteiger partial charge in [0.05, 0.1) is 6.42 Å². The van der Waals surface area contributed by atoms with E-state index in [1.807, 2.05) is 19.9 Å². The van der Waals surface area contributed by atoms with Crippen LogP contribution in [0.25, 0.3) is 0 Å². The number of rotatable bonds is 2. The zero-order valence-corrected chi connectivity index (χ0v) is 9.97. The van der Waals surface area contributed by atoms with Crippen molar-refractivity contribution >= 4 is 17.6 Å². The van der Waals surface area contributed by atoms with Crippen molar-refractivity contribution in [3.05, 3.63) is 28.3 Å². The van der Waals surface area contributed by atoms with Gasteiger partial charge in [0, 0.05) is 17.0 Å². The van der Waals surface area contributed by atoms with E-state index in [4.69, 9.17) is 21.4 Å². The molecule has 3 nitrogen and oxygen atoms in total. The molecule has 1 aromatic carbocycles. The molecule has 1 aliphatic rings. The van der Waals surface area contributed by atoms with Crippen molar-refractivity contribution in [2.24, 2.45) is 0 Å². The summed E-state index contributed by atoms with van der Waals surface area (Å²) in [5.74, 6) is -0.186. The fraction of sp³-hybridized carbons (Fsp3) is 0.417. The number of aliphatic carboxylic acids is 1. The first kappa shape index (κ1) is 11.3. The first-order valence-corrected chi connectivity index (χ1v) is 5.47. The van der Waals surface area contributed by atoms with Crippen LogP contribution < -0.4 is 4.74 Å². The largest absolute Gasteiger partial charge is 0.487 e. The van der Waals surface area contributed by atoms with Gasteiger partial charge in [-0.15, -0.1) is 0 Å². The molecule has 86 valence electrons. The van der Waals surface area contributed by atoms with Crippen LogP contribution in [-0.2, 0) is 17.6 Å². The molecule has 0 amide bonds. The molecule has 0 aromatic heterocycles. The third kappa shape index (κ3) is 2.14. The molecule has 0 bridgehead atoms. The van der Waals surface area contributed by atoms with Gasteiger partial charge in [-0.1, -0.05) is 11.6 Å². The molecule has 0 fully saturated rings. The number of fused-ring (bicyclic) bond motifs is 1. The molecule has 4 heteroatoms. The van der Waals surface area contributed by atoms with Crippen LogP contribution in [0.15, 0.2) is 12.1 Å². The number of halogens is 1. The van der Waals surface area contributed by atoms with E-state index in [-0.39, 0.29) is 12.0 Å². The molecule has 0 radical (unpaired) electrons. The lowest BCUT2D eigenvalue weighted by molar-refractivity contribution is -0.136. The quantitative estimate of drug-likeness (QED) is 0.865. The Hall–Kier alpha value is -1.22. The SMILES string of the molecule is CC1(C)Cc2cc(Cl)cc(CC(=O)O)c2O1. The van der Waals surface area contributed by atoms with Crippen LogP contribution in [-0.4, -0.2) is 16.7 Å². The van der Waals surface area contributed by atoms with E-state index in [0.717, 1.165) is 12.0 Å². The molecule has 0 atom stereocenters. The average Bonchev–Trinajstić information content (AvgIpc) is 2.38. The summed E-state index contributed by atoms with van der Waals surface area (Å²) in [6.45, 7) is 3.96. The first-order chi connectivity index (χ1) is 7.37. The fourth-order valence-corrected chi connectivity index (χ4v) is 2.30. The monoisotopic (exact) mass is 240 g/mol. The van der Waals surface area contributed by atoms with Crippen molar-refractivity contribution in [3.8, 4) is 5.75 Å². The highest BCUT2D eigenvalue weighted by Gasteiger charge is 2.32. The Bertz CT molecular complexity index is 452. The van der Waals surface area contributed by atoms with Crippen LogP contribution in [0, 0.1) is 0 Å². The fourth-order valence-electron chi connectivity index (χ4n) is 2.04. The minimum absolute atomic E-state index is 0.0566. The Balaban J connectivity index is 2.45. The van der Waals surface area contributed by atoms with Gasteiger partial charge in [0.1, 0.15) is 11.4 Å². The Kier molecular flexibility index (Phi) is 2.58. The maximum Gasteiger partial charge on any atom is 0.307 e. The molecular weight excluding hydrogens is 228 g/mol. The van der Waals surface area contributed by atoms with E-state index in [1.165, 1.54) is 0 Å². The summed E-state index contributed by atoms with van der Waals surface area (Å²) in [7, 11) is 0. The van der Waals surface area contributed by atoms with Gasteiger partial charge in [0.15, 0.2) is 0 Å². The van der Waals surface area contributed by atoms with Gasteiger partial charge in [0.25, 0.3) is 0 Å². The molecule has 0 aliphatic carbocycles. The van der Waals surface area contributed by atoms with Crippen LogP contribution in [0.2, 0.25) is 5.02 Å². The highest BCUT2D eigenvalue weighted by molar-refractivity contribution is 6.30. The van der Waals surface area contributed by atoms with Gasteiger partial charge in [0.2, 0.25) is 0 Å². The number of carbonyl (C=O) groups is 1. The number of benzene rings is 1. The molecule has 0 saturated carbocycles. The lowest BCUT2D eigenvalue weighted by atomic mass is 10.00. The number of carboxylic acid groups (broad SMARTS) is 1. The second-order valence-electron chi connectivity index (χ2n) is 4.66. The van der Waals surface area contributed by atoms with E-state index in [1.54, 1.807) is 6.07 Å². The van der Waals surface area contributed by atoms with Crippen molar-refractivity contribution in [1.82, 2.24) is 0 Å². The molecule has 1 aliphatic heterocycles. The van der Waals surface area contributed by atoms with E-state index in [9.17, 15) is 4.79 Å². The second-order valence-corrected chi connectivity index (χ2v) is 5.10. The Morgan fingerprint density at radius 2 is 2.25 bits per heavy atom. The molecular formula is C12H13ClO3. The molecule has 1 N–H and O–H groups in total. The van der Waals surface area contributed by atoms with E-state index in [2.05, 4.69) is 0 Å². The second kappa shape index (κ2) is 3.67. The van der Waals surface area contributed by atoms with E-state index < -0.39 is 5.97 Å². The third-order valence-corrected chi connectivity index (χ3v) is 2.76. The predicted molar refractivity (Wildman–Crippen MR) is 61.2 cm³/mol. The highest BCUT2D eigenvalue weighted by Crippen LogP contribution is 2.39. The van der Waals surface area contributed by atoms with Gasteiger partial charge in [-0.05, 0) is 31.5 Å². The smallest absolute Gasteiger partial charge is 0.307 e. The van der Waals surface area contributed by atoms with Gasteiger partial charge >= 0.3 is 5.97 Å². The molecule has 0 unspecified atom stereocenters. The highest BCUT2D eigenvalue weighted by atomic mass is 35.5. The molecule has 1 aromatic rings. The minimum Gasteiger partial charge on any atom is -0.487 e. The summed E-state index contributed by atoms with van der Waals surface area (Å²) in [6, 6.07) is 3.51. The predicted octanol–water partition coefficient (Wildman–Crippen LogP) is 2.68. The molecule has 2 rings (SSSR count). The minimum atomic E-state index is -0.877. The summed E-state index contributed by atoms with van der Waals surface area (Å²) >= 11 is 5.96. The maximum absolute atomic E-state index is 10.7. The van der Waals surface area contributed by atoms with Crippen LogP contribution >= 0.6 is 11.6 Å². The Morgan fingerprint density at radius 3 is 2.88 bits per heavy atom. The summed E-state index contributed by atoms with van der Waals surface area (Å²) in [5.41, 5.74) is 1.37. The van der Waals surface area contributed by atoms with Gasteiger partial charge in [-0.2, -0.15) is 0 Å². The molecule has 16 heavy (non-hydrogen) atoms. The summed E-state index contributed by atoms with van der Waals surface area (Å²) in [5, 5.41) is 9.39. The Morgan fingerprint density at radius 1 is 1.56 bits per heavy atom. The van der Waals surface area contributed by atoms with Crippen molar-refractivity contribution in [3.63, 3.8) is 0 Å². The third-order valence-electron chi connectivity index (χ3n) is 2.54. The van der Waals surface area contributed by atoms with Crippen molar-refractivity contribution in [2.75, 3.05) is 0 Å². The van der Waals surface area contributed by atoms with Gasteiger partial charge < -0.3 is 9.84 Å². The van der Waals surface area contributed by atoms with Crippen molar-refractivity contribution in [1.29, 1.82) is 0 Å². The summed E-state index contributed by atoms with van der Waals surface area (Å²) in [4.78, 5) is 10.7. The lowest BCUT2D eigenvalue weighted by Crippen LogP contribution is -2.25. The van der Waals surface area contributed by atoms with Crippen LogP contribution in [0.3, 0.4) is 0 Å². The number of hydrogen-bond donors (Lipinski definition) is 1. The average molecular weight is 241 g/mol. The van der Waals surface area contributed by atoms with Crippen molar-refractivity contribution in [2.45, 2.75) is 32.3 Å². The molecule has 1 heterocycles. The summed E-state index contributed by atoms with van der Waals surface area (Å²) in [6.07, 6.45) is 0.703. The van der Waals surface area contributed by atoms with Gasteiger partial charge in [-0.25, -0.2) is 0 Å². The zero-order chi connectivity index (χ0) is 11.9. The number of hydrogen-bond acceptors (Lipinski definition) is 2. The lowest BCUT2D eigenvalue weighted by Gasteiger charge is -2.18. The van der Waals surface area contributed by atoms with E-state index >= 15 is 0 Å². The standard InChI is InChI=1S/C12H13ClO3/c1-12(2)6-8-4-9(13)3-7(5-10(14)15)11(8)16-12/h3-4H,5-6H2,1-2H3,(H,14,15). The van der Waals surface area contributed by atoms with Crippen LogP contribution in [0.5, 0.6) is 5.75 Å². The van der Waals surface area contributed by atoms with Gasteiger partial charge in [-0.3, -0.25) is 4.79 Å². The number of carboxylic acids is 1. The number of ether oxygens (including phenoxy) is 1. The first-order valence-electron chi connectivity index (χ1n) is 5.09. The van der Waals surface area contributed by atoms with Crippen LogP contribution in [0.1, 0.15) is 25.0 Å².